The summed E-state index contributed by atoms with van der Waals surface area (Å²) >= 11 is 7.33. The number of thioether (sulfide) groups is 1. The maximum absolute atomic E-state index is 5.81. The molecule has 0 amide bonds. The molecule has 4 nitrogen and oxygen atoms in total. The molecule has 1 aromatic carbocycles. The van der Waals surface area contributed by atoms with Gasteiger partial charge in [-0.25, -0.2) is 0 Å². The number of halogens is 1. The molecule has 0 unspecified atom stereocenters. The highest BCUT2D eigenvalue weighted by Gasteiger charge is 2.14. The zero-order chi connectivity index (χ0) is 14.4. The van der Waals surface area contributed by atoms with E-state index in [-0.39, 0.29) is 0 Å². The third-order valence-corrected chi connectivity index (χ3v) is 3.97. The monoisotopic (exact) mass is 309 g/mol. The van der Waals surface area contributed by atoms with E-state index in [1.54, 1.807) is 7.11 Å². The number of hydrogen-bond donors (Lipinski definition) is 0. The smallest absolute Gasteiger partial charge is 0.191 e. The molecule has 0 radical (unpaired) electrons. The van der Waals surface area contributed by atoms with Crippen molar-refractivity contribution in [2.24, 2.45) is 0 Å². The van der Waals surface area contributed by atoms with E-state index in [0.29, 0.717) is 23.9 Å². The van der Waals surface area contributed by atoms with Crippen LogP contribution in [0.1, 0.15) is 0 Å². The van der Waals surface area contributed by atoms with Crippen LogP contribution in [-0.4, -0.2) is 34.2 Å². The topological polar surface area (TPSA) is 39.9 Å². The highest BCUT2D eigenvalue weighted by atomic mass is 35.5. The second-order valence-corrected chi connectivity index (χ2v) is 5.60. The van der Waals surface area contributed by atoms with Crippen LogP contribution < -0.4 is 0 Å². The van der Waals surface area contributed by atoms with Crippen molar-refractivity contribution in [2.45, 2.75) is 11.7 Å². The fourth-order valence-electron chi connectivity index (χ4n) is 1.72. The van der Waals surface area contributed by atoms with Gasteiger partial charge in [0.1, 0.15) is 0 Å². The van der Waals surface area contributed by atoms with E-state index < -0.39 is 0 Å². The van der Waals surface area contributed by atoms with Crippen molar-refractivity contribution in [1.29, 1.82) is 0 Å². The quantitative estimate of drug-likeness (QED) is 0.735. The number of methoxy groups -OCH3 is 1. The minimum absolute atomic E-state index is 0.595. The average molecular weight is 310 g/mol. The molecule has 0 saturated heterocycles. The molecule has 1 aromatic heterocycles. The van der Waals surface area contributed by atoms with Crippen molar-refractivity contribution in [3.63, 3.8) is 0 Å². The summed E-state index contributed by atoms with van der Waals surface area (Å²) in [6, 6.07) is 9.98. The molecule has 0 N–H and O–H groups in total. The average Bonchev–Trinajstić information content (AvgIpc) is 2.86. The predicted octanol–water partition coefficient (Wildman–Crippen LogP) is 3.44. The second-order valence-electron chi connectivity index (χ2n) is 4.12. The lowest BCUT2D eigenvalue weighted by atomic mass is 10.2. The van der Waals surface area contributed by atoms with Gasteiger partial charge in [0.15, 0.2) is 11.0 Å². The van der Waals surface area contributed by atoms with E-state index in [1.165, 1.54) is 11.8 Å². The lowest BCUT2D eigenvalue weighted by Crippen LogP contribution is -2.07. The van der Waals surface area contributed by atoms with Crippen molar-refractivity contribution in [3.8, 4) is 11.4 Å². The Balaban J connectivity index is 2.29. The largest absolute Gasteiger partial charge is 0.383 e. The van der Waals surface area contributed by atoms with Crippen molar-refractivity contribution in [2.75, 3.05) is 19.5 Å². The van der Waals surface area contributed by atoms with Gasteiger partial charge in [-0.2, -0.15) is 0 Å². The van der Waals surface area contributed by atoms with Crippen LogP contribution in [0.15, 0.2) is 47.1 Å². The molecule has 6 heteroatoms. The molecule has 2 aromatic rings. The van der Waals surface area contributed by atoms with Crippen LogP contribution in [0.3, 0.4) is 0 Å². The van der Waals surface area contributed by atoms with Gasteiger partial charge in [-0.1, -0.05) is 60.3 Å². The van der Waals surface area contributed by atoms with Gasteiger partial charge in [-0.15, -0.1) is 10.2 Å². The number of benzene rings is 1. The lowest BCUT2D eigenvalue weighted by Gasteiger charge is -2.09. The summed E-state index contributed by atoms with van der Waals surface area (Å²) in [5.74, 6) is 1.45. The van der Waals surface area contributed by atoms with E-state index in [2.05, 4.69) is 16.8 Å². The van der Waals surface area contributed by atoms with E-state index in [9.17, 15) is 0 Å². The molecule has 0 saturated carbocycles. The molecule has 0 atom stereocenters. The Labute approximate surface area is 127 Å². The third kappa shape index (κ3) is 3.85. The number of ether oxygens (including phenoxy) is 1. The Kier molecular flexibility index (Phi) is 5.64. The molecule has 0 spiro atoms. The van der Waals surface area contributed by atoms with Crippen molar-refractivity contribution in [1.82, 2.24) is 14.8 Å². The molecular formula is C14H16ClN3OS. The maximum Gasteiger partial charge on any atom is 0.191 e. The predicted molar refractivity (Wildman–Crippen MR) is 83.1 cm³/mol. The molecule has 0 aliphatic rings. The highest BCUT2D eigenvalue weighted by molar-refractivity contribution is 7.99. The van der Waals surface area contributed by atoms with Crippen molar-refractivity contribution >= 4 is 23.4 Å². The number of rotatable bonds is 7. The van der Waals surface area contributed by atoms with Crippen molar-refractivity contribution < 1.29 is 4.74 Å². The fourth-order valence-corrected chi connectivity index (χ4v) is 2.60. The highest BCUT2D eigenvalue weighted by Crippen LogP contribution is 2.25. The first-order valence-corrected chi connectivity index (χ1v) is 7.52. The van der Waals surface area contributed by atoms with Crippen LogP contribution >= 0.6 is 23.4 Å². The molecule has 0 fully saturated rings. The van der Waals surface area contributed by atoms with Gasteiger partial charge in [-0.05, 0) is 0 Å². The fraction of sp³-hybridized carbons (Fsp3) is 0.286. The first kappa shape index (κ1) is 15.1. The number of nitrogens with zero attached hydrogens (tertiary/aromatic N) is 3. The summed E-state index contributed by atoms with van der Waals surface area (Å²) in [6.45, 7) is 4.99. The molecule has 20 heavy (non-hydrogen) atoms. The molecule has 106 valence electrons. The van der Waals surface area contributed by atoms with Crippen LogP contribution in [0, 0.1) is 0 Å². The molecule has 1 heterocycles. The van der Waals surface area contributed by atoms with Gasteiger partial charge >= 0.3 is 0 Å². The second kappa shape index (κ2) is 7.47. The normalized spacial score (nSPS) is 10.7. The summed E-state index contributed by atoms with van der Waals surface area (Å²) in [4.78, 5) is 0. The van der Waals surface area contributed by atoms with Gasteiger partial charge in [0.05, 0.1) is 13.2 Å². The first-order chi connectivity index (χ1) is 9.72. The Morgan fingerprint density at radius 1 is 1.35 bits per heavy atom. The van der Waals surface area contributed by atoms with E-state index in [4.69, 9.17) is 16.3 Å². The molecule has 0 aliphatic heterocycles. The Bertz CT molecular complexity index is 571. The molecular weight excluding hydrogens is 294 g/mol. The summed E-state index contributed by atoms with van der Waals surface area (Å²) in [6.07, 6.45) is 0. The zero-order valence-corrected chi connectivity index (χ0v) is 12.8. The Morgan fingerprint density at radius 2 is 2.10 bits per heavy atom. The Morgan fingerprint density at radius 3 is 2.75 bits per heavy atom. The van der Waals surface area contributed by atoms with Crippen LogP contribution in [0.4, 0.5) is 0 Å². The maximum atomic E-state index is 5.81. The molecule has 0 bridgehead atoms. The zero-order valence-electron chi connectivity index (χ0n) is 11.3. The van der Waals surface area contributed by atoms with Gasteiger partial charge in [0.2, 0.25) is 0 Å². The summed E-state index contributed by atoms with van der Waals surface area (Å²) in [5.41, 5.74) is 1.03. The standard InChI is InChI=1S/C14H16ClN3OS/c1-11(15)10-20-14-17-16-13(18(14)8-9-19-2)12-6-4-3-5-7-12/h3-7H,1,8-10H2,2H3. The van der Waals surface area contributed by atoms with Crippen LogP contribution in [0.25, 0.3) is 11.4 Å². The van der Waals surface area contributed by atoms with Crippen molar-refractivity contribution in [3.05, 3.63) is 41.9 Å². The SMILES string of the molecule is C=C(Cl)CSc1nnc(-c2ccccc2)n1CCOC. The van der Waals surface area contributed by atoms with Gasteiger partial charge in [0.25, 0.3) is 0 Å². The van der Waals surface area contributed by atoms with Crippen LogP contribution in [-0.2, 0) is 11.3 Å². The Hall–Kier alpha value is -1.30. The first-order valence-electron chi connectivity index (χ1n) is 6.16. The molecule has 2 rings (SSSR count). The van der Waals surface area contributed by atoms with Gasteiger partial charge < -0.3 is 4.74 Å². The van der Waals surface area contributed by atoms with Gasteiger partial charge in [0, 0.05) is 23.5 Å². The van der Waals surface area contributed by atoms with E-state index in [1.807, 2.05) is 34.9 Å². The van der Waals surface area contributed by atoms with E-state index >= 15 is 0 Å². The molecule has 0 aliphatic carbocycles. The third-order valence-electron chi connectivity index (χ3n) is 2.63. The number of aromatic nitrogens is 3. The van der Waals surface area contributed by atoms with Gasteiger partial charge in [-0.3, -0.25) is 4.57 Å². The van der Waals surface area contributed by atoms with Crippen LogP contribution in [0.5, 0.6) is 0 Å². The summed E-state index contributed by atoms with van der Waals surface area (Å²) in [7, 11) is 1.68. The van der Waals surface area contributed by atoms with Crippen LogP contribution in [0.2, 0.25) is 0 Å². The minimum atomic E-state index is 0.595. The lowest BCUT2D eigenvalue weighted by molar-refractivity contribution is 0.185. The van der Waals surface area contributed by atoms with E-state index in [0.717, 1.165) is 16.5 Å². The number of hydrogen-bond acceptors (Lipinski definition) is 4. The summed E-state index contributed by atoms with van der Waals surface area (Å²) in [5, 5.41) is 9.94. The summed E-state index contributed by atoms with van der Waals surface area (Å²) < 4.78 is 7.20. The minimum Gasteiger partial charge on any atom is -0.383 e.